The van der Waals surface area contributed by atoms with Crippen LogP contribution in [0.2, 0.25) is 0 Å². The van der Waals surface area contributed by atoms with Crippen LogP contribution >= 0.6 is 0 Å². The van der Waals surface area contributed by atoms with E-state index in [1.165, 1.54) is 19.3 Å². The molecule has 0 saturated carbocycles. The molecule has 0 aromatic carbocycles. The van der Waals surface area contributed by atoms with Crippen molar-refractivity contribution in [2.75, 3.05) is 46.1 Å². The fourth-order valence-corrected chi connectivity index (χ4v) is 4.14. The van der Waals surface area contributed by atoms with Crippen LogP contribution in [-0.4, -0.2) is 87.6 Å². The number of hydrogen-bond donors (Lipinski definition) is 3. The molecule has 0 fully saturated rings. The summed E-state index contributed by atoms with van der Waals surface area (Å²) in [7, 11) is 0. The van der Waals surface area contributed by atoms with Gasteiger partial charge in [0.25, 0.3) is 0 Å². The highest BCUT2D eigenvalue weighted by Gasteiger charge is 2.22. The van der Waals surface area contributed by atoms with E-state index in [0.717, 1.165) is 38.0 Å². The third-order valence-electron chi connectivity index (χ3n) is 8.35. The molecule has 0 aliphatic heterocycles. The summed E-state index contributed by atoms with van der Waals surface area (Å²) in [4.78, 5) is 37.2. The van der Waals surface area contributed by atoms with Crippen molar-refractivity contribution in [3.8, 4) is 0 Å². The van der Waals surface area contributed by atoms with E-state index in [2.05, 4.69) is 57.5 Å². The standard InChI is InChI=1S/C35H69N3O8/c1-10-29(25-46-34(7,8)11-2)38-33(41)44-27-32(43-26-31(40)37-22-24-45-35(9,12-3)13-4)42-23-18-20-30(39)36-21-17-15-14-16-19-28(5)6/h28-29,32H,10-27H2,1-9H3,(H,36,39)(H,37,40)(H,38,41). The summed E-state index contributed by atoms with van der Waals surface area (Å²) in [5.41, 5.74) is -0.495. The van der Waals surface area contributed by atoms with Gasteiger partial charge in [-0.05, 0) is 65.2 Å². The molecule has 11 nitrogen and oxygen atoms in total. The summed E-state index contributed by atoms with van der Waals surface area (Å²) in [5.74, 6) is 0.376. The summed E-state index contributed by atoms with van der Waals surface area (Å²) in [6, 6.07) is -0.215. The molecule has 0 spiro atoms. The maximum Gasteiger partial charge on any atom is 0.407 e. The van der Waals surface area contributed by atoms with Gasteiger partial charge >= 0.3 is 6.09 Å². The van der Waals surface area contributed by atoms with Gasteiger partial charge in [0.05, 0.1) is 37.1 Å². The Bertz CT molecular complexity index is 805. The molecule has 0 radical (unpaired) electrons. The van der Waals surface area contributed by atoms with Crippen molar-refractivity contribution >= 4 is 17.9 Å². The molecule has 0 saturated heterocycles. The van der Waals surface area contributed by atoms with Crippen LogP contribution in [0, 0.1) is 5.92 Å². The molecule has 0 rings (SSSR count). The van der Waals surface area contributed by atoms with Crippen LogP contribution in [0.3, 0.4) is 0 Å². The third kappa shape index (κ3) is 24.3. The molecule has 46 heavy (non-hydrogen) atoms. The number of nitrogens with one attached hydrogen (secondary N) is 3. The van der Waals surface area contributed by atoms with E-state index < -0.39 is 12.4 Å². The lowest BCUT2D eigenvalue weighted by atomic mass is 10.0. The zero-order valence-electron chi connectivity index (χ0n) is 30.7. The summed E-state index contributed by atoms with van der Waals surface area (Å²) in [6.45, 7) is 20.2. The van der Waals surface area contributed by atoms with Crippen molar-refractivity contribution in [1.29, 1.82) is 0 Å². The van der Waals surface area contributed by atoms with Gasteiger partial charge in [0.1, 0.15) is 13.2 Å². The highest BCUT2D eigenvalue weighted by molar-refractivity contribution is 5.77. The lowest BCUT2D eigenvalue weighted by Gasteiger charge is -2.27. The first kappa shape index (κ1) is 44.0. The molecule has 0 heterocycles. The van der Waals surface area contributed by atoms with Gasteiger partial charge in [0.2, 0.25) is 11.8 Å². The highest BCUT2D eigenvalue weighted by atomic mass is 16.7. The summed E-state index contributed by atoms with van der Waals surface area (Å²) < 4.78 is 28.7. The molecule has 0 aliphatic carbocycles. The minimum Gasteiger partial charge on any atom is -0.444 e. The largest absolute Gasteiger partial charge is 0.444 e. The summed E-state index contributed by atoms with van der Waals surface area (Å²) in [6.07, 6.45) is 8.22. The number of hydrogen-bond acceptors (Lipinski definition) is 8. The van der Waals surface area contributed by atoms with Gasteiger partial charge in [-0.15, -0.1) is 0 Å². The van der Waals surface area contributed by atoms with Gasteiger partial charge in [-0.3, -0.25) is 9.59 Å². The van der Waals surface area contributed by atoms with E-state index in [0.29, 0.717) is 45.6 Å². The van der Waals surface area contributed by atoms with E-state index in [1.54, 1.807) is 0 Å². The van der Waals surface area contributed by atoms with Crippen molar-refractivity contribution in [1.82, 2.24) is 16.0 Å². The molecular weight excluding hydrogens is 590 g/mol. The van der Waals surface area contributed by atoms with Crippen LogP contribution in [-0.2, 0) is 33.3 Å². The van der Waals surface area contributed by atoms with Crippen LogP contribution in [0.1, 0.15) is 133 Å². The van der Waals surface area contributed by atoms with Crippen LogP contribution in [0.15, 0.2) is 0 Å². The van der Waals surface area contributed by atoms with Gasteiger partial charge in [0, 0.05) is 19.5 Å². The minimum absolute atomic E-state index is 0.0261. The van der Waals surface area contributed by atoms with Gasteiger partial charge < -0.3 is 39.6 Å². The maximum atomic E-state index is 12.5. The lowest BCUT2D eigenvalue weighted by Crippen LogP contribution is -2.42. The highest BCUT2D eigenvalue weighted by Crippen LogP contribution is 2.18. The topological polar surface area (TPSA) is 133 Å². The average molecular weight is 660 g/mol. The molecule has 11 heteroatoms. The van der Waals surface area contributed by atoms with Crippen LogP contribution in [0.4, 0.5) is 4.79 Å². The maximum absolute atomic E-state index is 12.5. The van der Waals surface area contributed by atoms with Crippen LogP contribution < -0.4 is 16.0 Å². The number of ether oxygens (including phenoxy) is 5. The van der Waals surface area contributed by atoms with Crippen molar-refractivity contribution in [2.45, 2.75) is 156 Å². The fraction of sp³-hybridized carbons (Fsp3) is 0.914. The van der Waals surface area contributed by atoms with Crippen molar-refractivity contribution in [3.05, 3.63) is 0 Å². The average Bonchev–Trinajstić information content (AvgIpc) is 3.03. The predicted octanol–water partition coefficient (Wildman–Crippen LogP) is 6.27. The molecule has 2 atom stereocenters. The smallest absolute Gasteiger partial charge is 0.407 e. The zero-order chi connectivity index (χ0) is 34.8. The molecule has 0 bridgehead atoms. The third-order valence-corrected chi connectivity index (χ3v) is 8.35. The van der Waals surface area contributed by atoms with E-state index in [1.807, 2.05) is 20.8 Å². The van der Waals surface area contributed by atoms with Crippen molar-refractivity contribution < 1.29 is 38.1 Å². The van der Waals surface area contributed by atoms with Gasteiger partial charge in [-0.1, -0.05) is 67.2 Å². The lowest BCUT2D eigenvalue weighted by molar-refractivity contribution is -0.171. The number of amides is 3. The number of alkyl carbamates (subject to hydrolysis) is 1. The van der Waals surface area contributed by atoms with Crippen LogP contribution in [0.25, 0.3) is 0 Å². The molecular formula is C35H69N3O8. The van der Waals surface area contributed by atoms with Gasteiger partial charge in [-0.2, -0.15) is 0 Å². The van der Waals surface area contributed by atoms with E-state index in [4.69, 9.17) is 23.7 Å². The molecule has 3 amide bonds. The Labute approximate surface area is 280 Å². The van der Waals surface area contributed by atoms with E-state index in [-0.39, 0.29) is 48.9 Å². The number of rotatable bonds is 29. The second-order valence-corrected chi connectivity index (χ2v) is 13.3. The quantitative estimate of drug-likeness (QED) is 0.0632. The summed E-state index contributed by atoms with van der Waals surface area (Å²) >= 11 is 0. The first-order valence-corrected chi connectivity index (χ1v) is 17.8. The predicted molar refractivity (Wildman–Crippen MR) is 183 cm³/mol. The Balaban J connectivity index is 4.71. The monoisotopic (exact) mass is 660 g/mol. The molecule has 2 unspecified atom stereocenters. The van der Waals surface area contributed by atoms with Crippen LogP contribution in [0.5, 0.6) is 0 Å². The SMILES string of the molecule is CCC(COC(C)(C)CC)NC(=O)OCC(OCCCC(=O)NCCCCCCC(C)C)OCC(=O)NCCOC(C)(CC)CC. The molecule has 272 valence electrons. The Morgan fingerprint density at radius 3 is 2.02 bits per heavy atom. The second kappa shape index (κ2) is 26.1. The van der Waals surface area contributed by atoms with Gasteiger partial charge in [-0.25, -0.2) is 4.79 Å². The molecule has 3 N–H and O–H groups in total. The van der Waals surface area contributed by atoms with Crippen molar-refractivity contribution in [2.24, 2.45) is 5.92 Å². The Kier molecular flexibility index (Phi) is 25.0. The Hall–Kier alpha value is -1.95. The van der Waals surface area contributed by atoms with Crippen molar-refractivity contribution in [3.63, 3.8) is 0 Å². The number of carbonyl (C=O) groups is 3. The second-order valence-electron chi connectivity index (χ2n) is 13.3. The Morgan fingerprint density at radius 1 is 0.717 bits per heavy atom. The van der Waals surface area contributed by atoms with E-state index >= 15 is 0 Å². The molecule has 0 aromatic heterocycles. The minimum atomic E-state index is -0.972. The fourth-order valence-electron chi connectivity index (χ4n) is 4.14. The Morgan fingerprint density at radius 2 is 1.39 bits per heavy atom. The van der Waals surface area contributed by atoms with E-state index in [9.17, 15) is 14.4 Å². The number of unbranched alkanes of at least 4 members (excludes halogenated alkanes) is 3. The van der Waals surface area contributed by atoms with Gasteiger partial charge in [0.15, 0.2) is 6.29 Å². The summed E-state index contributed by atoms with van der Waals surface area (Å²) in [5, 5.41) is 8.56. The molecule has 0 aliphatic rings. The first-order chi connectivity index (χ1) is 21.8. The molecule has 0 aromatic rings. The normalized spacial score (nSPS) is 13.3. The zero-order valence-corrected chi connectivity index (χ0v) is 30.7. The first-order valence-electron chi connectivity index (χ1n) is 17.8. The number of carbonyl (C=O) groups excluding carboxylic acids is 3.